The molecular formula is C16H21Cl2N3O2S. The Morgan fingerprint density at radius 2 is 1.75 bits per heavy atom. The van der Waals surface area contributed by atoms with Crippen LogP contribution in [0.25, 0.3) is 0 Å². The molecule has 2 aliphatic rings. The predicted molar refractivity (Wildman–Crippen MR) is 95.8 cm³/mol. The van der Waals surface area contributed by atoms with Gasteiger partial charge in [0.2, 0.25) is 5.91 Å². The number of carbonyl (C=O) groups excluding carboxylic acids is 2. The largest absolute Gasteiger partial charge is 0.352 e. The fourth-order valence-corrected chi connectivity index (χ4v) is 4.60. The Morgan fingerprint density at radius 3 is 2.33 bits per heavy atom. The molecule has 1 aromatic rings. The lowest BCUT2D eigenvalue weighted by molar-refractivity contribution is -0.122. The van der Waals surface area contributed by atoms with Gasteiger partial charge in [-0.25, -0.2) is 0 Å². The second kappa shape index (κ2) is 8.02. The van der Waals surface area contributed by atoms with Gasteiger partial charge < -0.3 is 10.2 Å². The summed E-state index contributed by atoms with van der Waals surface area (Å²) in [6.45, 7) is 0.0610. The zero-order valence-corrected chi connectivity index (χ0v) is 15.7. The zero-order chi connectivity index (χ0) is 17.1. The number of halogens is 2. The molecule has 24 heavy (non-hydrogen) atoms. The van der Waals surface area contributed by atoms with E-state index in [4.69, 9.17) is 23.2 Å². The molecule has 132 valence electrons. The van der Waals surface area contributed by atoms with E-state index in [0.717, 1.165) is 62.9 Å². The Bertz CT molecular complexity index is 610. The highest BCUT2D eigenvalue weighted by molar-refractivity contribution is 7.11. The van der Waals surface area contributed by atoms with E-state index < -0.39 is 0 Å². The SMILES string of the molecule is O=C(CN(C(=O)c1nsc(Cl)c1Cl)C1CCCC1)NC1CCCC1. The predicted octanol–water partition coefficient (Wildman–Crippen LogP) is 3.89. The summed E-state index contributed by atoms with van der Waals surface area (Å²) in [5, 5.41) is 3.24. The van der Waals surface area contributed by atoms with Gasteiger partial charge in [-0.3, -0.25) is 9.59 Å². The fourth-order valence-electron chi connectivity index (χ4n) is 3.61. The molecule has 8 heteroatoms. The Hall–Kier alpha value is -0.850. The highest BCUT2D eigenvalue weighted by atomic mass is 35.5. The number of amides is 2. The number of aromatic nitrogens is 1. The summed E-state index contributed by atoms with van der Waals surface area (Å²) in [4.78, 5) is 26.9. The topological polar surface area (TPSA) is 62.3 Å². The van der Waals surface area contributed by atoms with Crippen LogP contribution in [-0.2, 0) is 4.79 Å². The summed E-state index contributed by atoms with van der Waals surface area (Å²) in [5.41, 5.74) is 0.159. The number of carbonyl (C=O) groups is 2. The quantitative estimate of drug-likeness (QED) is 0.830. The molecular weight excluding hydrogens is 369 g/mol. The molecule has 2 amide bonds. The van der Waals surface area contributed by atoms with Crippen molar-refractivity contribution in [1.82, 2.24) is 14.6 Å². The van der Waals surface area contributed by atoms with E-state index in [-0.39, 0.29) is 41.2 Å². The second-order valence-electron chi connectivity index (χ2n) is 6.54. The molecule has 0 saturated heterocycles. The first-order chi connectivity index (χ1) is 11.6. The average molecular weight is 390 g/mol. The van der Waals surface area contributed by atoms with Gasteiger partial charge in [-0.15, -0.1) is 0 Å². The zero-order valence-electron chi connectivity index (χ0n) is 13.4. The van der Waals surface area contributed by atoms with Crippen LogP contribution in [0.5, 0.6) is 0 Å². The summed E-state index contributed by atoms with van der Waals surface area (Å²) in [6.07, 6.45) is 8.34. The first kappa shape index (κ1) is 18.0. The number of rotatable bonds is 5. The van der Waals surface area contributed by atoms with Crippen LogP contribution in [0.1, 0.15) is 61.9 Å². The molecule has 0 radical (unpaired) electrons. The van der Waals surface area contributed by atoms with Crippen molar-refractivity contribution in [3.05, 3.63) is 15.1 Å². The Labute approximate surface area is 155 Å². The summed E-state index contributed by atoms with van der Waals surface area (Å²) < 4.78 is 4.38. The van der Waals surface area contributed by atoms with Gasteiger partial charge in [0, 0.05) is 12.1 Å². The second-order valence-corrected chi connectivity index (χ2v) is 8.29. The maximum Gasteiger partial charge on any atom is 0.275 e. The van der Waals surface area contributed by atoms with Crippen molar-refractivity contribution < 1.29 is 9.59 Å². The summed E-state index contributed by atoms with van der Waals surface area (Å²) in [6, 6.07) is 0.318. The highest BCUT2D eigenvalue weighted by Crippen LogP contribution is 2.32. The number of nitrogens with one attached hydrogen (secondary N) is 1. The first-order valence-electron chi connectivity index (χ1n) is 8.47. The number of hydrogen-bond acceptors (Lipinski definition) is 4. The van der Waals surface area contributed by atoms with Crippen LogP contribution in [0, 0.1) is 0 Å². The molecule has 0 spiro atoms. The van der Waals surface area contributed by atoms with Crippen LogP contribution >= 0.6 is 34.7 Å². The van der Waals surface area contributed by atoms with Gasteiger partial charge in [-0.1, -0.05) is 48.9 Å². The van der Waals surface area contributed by atoms with Crippen LogP contribution < -0.4 is 5.32 Å². The number of nitrogens with zero attached hydrogens (tertiary/aromatic N) is 2. The third-order valence-corrected chi connectivity index (χ3v) is 6.47. The molecule has 1 heterocycles. The Kier molecular flexibility index (Phi) is 6.00. The maximum atomic E-state index is 12.9. The lowest BCUT2D eigenvalue weighted by Gasteiger charge is -2.28. The smallest absolute Gasteiger partial charge is 0.275 e. The average Bonchev–Trinajstić information content (AvgIpc) is 3.29. The third kappa shape index (κ3) is 4.03. The van der Waals surface area contributed by atoms with Gasteiger partial charge in [0.05, 0.1) is 0 Å². The van der Waals surface area contributed by atoms with Gasteiger partial charge >= 0.3 is 0 Å². The molecule has 0 aromatic carbocycles. The summed E-state index contributed by atoms with van der Waals surface area (Å²) in [5.74, 6) is -0.392. The summed E-state index contributed by atoms with van der Waals surface area (Å²) >= 11 is 13.0. The van der Waals surface area contributed by atoms with Crippen LogP contribution in [0.3, 0.4) is 0 Å². The van der Waals surface area contributed by atoms with Crippen molar-refractivity contribution in [3.8, 4) is 0 Å². The van der Waals surface area contributed by atoms with E-state index in [9.17, 15) is 9.59 Å². The Balaban J connectivity index is 1.72. The van der Waals surface area contributed by atoms with Gasteiger partial charge in [0.1, 0.15) is 15.9 Å². The van der Waals surface area contributed by atoms with Crippen LogP contribution in [0.4, 0.5) is 0 Å². The monoisotopic (exact) mass is 389 g/mol. The molecule has 0 bridgehead atoms. The van der Waals surface area contributed by atoms with Crippen molar-refractivity contribution >= 4 is 46.5 Å². The van der Waals surface area contributed by atoms with Crippen molar-refractivity contribution in [3.63, 3.8) is 0 Å². The summed E-state index contributed by atoms with van der Waals surface area (Å²) in [7, 11) is 0. The molecule has 2 aliphatic carbocycles. The minimum absolute atomic E-state index is 0.0610. The Morgan fingerprint density at radius 1 is 1.12 bits per heavy atom. The minimum Gasteiger partial charge on any atom is -0.352 e. The van der Waals surface area contributed by atoms with Gasteiger partial charge in [0.25, 0.3) is 5.91 Å². The van der Waals surface area contributed by atoms with Crippen LogP contribution in [0.15, 0.2) is 0 Å². The van der Waals surface area contributed by atoms with E-state index >= 15 is 0 Å². The standard InChI is InChI=1S/C16H21Cl2N3O2S/c17-13-14(20-24-15(13)18)16(23)21(11-7-3-4-8-11)9-12(22)19-10-5-1-2-6-10/h10-11H,1-9H2,(H,19,22). The van der Waals surface area contributed by atoms with E-state index in [1.165, 1.54) is 0 Å². The van der Waals surface area contributed by atoms with E-state index in [2.05, 4.69) is 9.69 Å². The maximum absolute atomic E-state index is 12.9. The number of hydrogen-bond donors (Lipinski definition) is 1. The van der Waals surface area contributed by atoms with Crippen LogP contribution in [0.2, 0.25) is 9.36 Å². The normalized spacial score (nSPS) is 18.9. The molecule has 2 fully saturated rings. The molecule has 1 N–H and O–H groups in total. The fraction of sp³-hybridized carbons (Fsp3) is 0.688. The lowest BCUT2D eigenvalue weighted by Crippen LogP contribution is -2.47. The third-order valence-electron chi connectivity index (χ3n) is 4.86. The molecule has 5 nitrogen and oxygen atoms in total. The highest BCUT2D eigenvalue weighted by Gasteiger charge is 2.32. The van der Waals surface area contributed by atoms with Crippen LogP contribution in [-0.4, -0.2) is 39.7 Å². The van der Waals surface area contributed by atoms with Gasteiger partial charge in [-0.05, 0) is 37.2 Å². The van der Waals surface area contributed by atoms with Gasteiger partial charge in [0.15, 0.2) is 5.69 Å². The van der Waals surface area contributed by atoms with E-state index in [1.54, 1.807) is 4.90 Å². The molecule has 3 rings (SSSR count). The molecule has 1 aromatic heterocycles. The van der Waals surface area contributed by atoms with Crippen molar-refractivity contribution in [2.24, 2.45) is 0 Å². The first-order valence-corrected chi connectivity index (χ1v) is 10.00. The van der Waals surface area contributed by atoms with E-state index in [1.807, 2.05) is 0 Å². The van der Waals surface area contributed by atoms with Crippen molar-refractivity contribution in [2.45, 2.75) is 63.5 Å². The lowest BCUT2D eigenvalue weighted by atomic mass is 10.2. The minimum atomic E-state index is -0.295. The van der Waals surface area contributed by atoms with Crippen molar-refractivity contribution in [2.75, 3.05) is 6.54 Å². The molecule has 0 atom stereocenters. The van der Waals surface area contributed by atoms with Crippen molar-refractivity contribution in [1.29, 1.82) is 0 Å². The van der Waals surface area contributed by atoms with E-state index in [0.29, 0.717) is 4.34 Å². The molecule has 0 aliphatic heterocycles. The molecule has 2 saturated carbocycles. The van der Waals surface area contributed by atoms with Gasteiger partial charge in [-0.2, -0.15) is 4.37 Å². The molecule has 0 unspecified atom stereocenters.